The summed E-state index contributed by atoms with van der Waals surface area (Å²) in [6.45, 7) is 1.48. The Labute approximate surface area is 152 Å². The molecule has 4 rings (SSSR count). The molecular weight excluding hydrogens is 326 g/mol. The van der Waals surface area contributed by atoms with Crippen LogP contribution in [-0.2, 0) is 4.79 Å². The highest BCUT2D eigenvalue weighted by atomic mass is 16.5. The number of rotatable bonds is 6. The Morgan fingerprint density at radius 2 is 2.00 bits per heavy atom. The molecule has 1 fully saturated rings. The lowest BCUT2D eigenvalue weighted by molar-refractivity contribution is -0.124. The number of benzene rings is 2. The van der Waals surface area contributed by atoms with Crippen LogP contribution in [0.15, 0.2) is 54.7 Å². The molecule has 1 amide bonds. The molecule has 0 spiro atoms. The molecule has 1 saturated heterocycles. The van der Waals surface area contributed by atoms with Crippen molar-refractivity contribution in [2.75, 3.05) is 20.2 Å². The van der Waals surface area contributed by atoms with E-state index in [9.17, 15) is 4.79 Å². The van der Waals surface area contributed by atoms with E-state index in [1.165, 1.54) is 10.9 Å². The van der Waals surface area contributed by atoms with Crippen LogP contribution in [0.1, 0.15) is 23.5 Å². The first-order valence-corrected chi connectivity index (χ1v) is 8.97. The third-order valence-corrected chi connectivity index (χ3v) is 5.14. The Bertz CT molecular complexity index is 897. The Kier molecular flexibility index (Phi) is 4.63. The van der Waals surface area contributed by atoms with E-state index in [0.29, 0.717) is 6.54 Å². The maximum atomic E-state index is 12.3. The predicted molar refractivity (Wildman–Crippen MR) is 103 cm³/mol. The minimum atomic E-state index is -0.0468. The molecule has 1 aromatic heterocycles. The van der Waals surface area contributed by atoms with E-state index in [1.807, 2.05) is 30.5 Å². The van der Waals surface area contributed by atoms with E-state index in [1.54, 1.807) is 7.11 Å². The fourth-order valence-electron chi connectivity index (χ4n) is 3.46. The topological polar surface area (TPSA) is 66.2 Å². The lowest BCUT2D eigenvalue weighted by Crippen LogP contribution is -2.53. The van der Waals surface area contributed by atoms with E-state index in [-0.39, 0.29) is 17.9 Å². The Morgan fingerprint density at radius 1 is 1.23 bits per heavy atom. The van der Waals surface area contributed by atoms with E-state index >= 15 is 0 Å². The second-order valence-corrected chi connectivity index (χ2v) is 6.66. The molecule has 5 nitrogen and oxygen atoms in total. The molecule has 2 aromatic carbocycles. The molecule has 3 N–H and O–H groups in total. The first-order valence-electron chi connectivity index (χ1n) is 8.97. The smallest absolute Gasteiger partial charge is 0.237 e. The van der Waals surface area contributed by atoms with Crippen LogP contribution in [0.4, 0.5) is 0 Å². The number of carbonyl (C=O) groups is 1. The van der Waals surface area contributed by atoms with E-state index in [2.05, 4.69) is 39.9 Å². The highest BCUT2D eigenvalue weighted by Crippen LogP contribution is 2.31. The normalized spacial score (nSPS) is 17.5. The Hall–Kier alpha value is -2.79. The van der Waals surface area contributed by atoms with Gasteiger partial charge in [-0.3, -0.25) is 4.79 Å². The SMILES string of the molecule is COc1ccc(C(CNC(=O)C2CCN2)c2c[nH]c3ccccc23)cc1. The summed E-state index contributed by atoms with van der Waals surface area (Å²) in [6.07, 6.45) is 2.96. The second kappa shape index (κ2) is 7.22. The molecule has 0 aliphatic carbocycles. The van der Waals surface area contributed by atoms with Crippen LogP contribution >= 0.6 is 0 Å². The van der Waals surface area contributed by atoms with E-state index < -0.39 is 0 Å². The second-order valence-electron chi connectivity index (χ2n) is 6.66. The maximum Gasteiger partial charge on any atom is 0.237 e. The van der Waals surface area contributed by atoms with Gasteiger partial charge in [-0.2, -0.15) is 0 Å². The maximum absolute atomic E-state index is 12.3. The van der Waals surface area contributed by atoms with Gasteiger partial charge in [0.1, 0.15) is 5.75 Å². The van der Waals surface area contributed by atoms with Gasteiger partial charge in [-0.15, -0.1) is 0 Å². The van der Waals surface area contributed by atoms with E-state index in [4.69, 9.17) is 4.74 Å². The number of fused-ring (bicyclic) bond motifs is 1. The van der Waals surface area contributed by atoms with Crippen molar-refractivity contribution in [3.63, 3.8) is 0 Å². The molecule has 1 aliphatic heterocycles. The third kappa shape index (κ3) is 3.18. The fraction of sp³-hybridized carbons (Fsp3) is 0.286. The number of ether oxygens (including phenoxy) is 1. The van der Waals surface area contributed by atoms with Crippen LogP contribution in [0, 0.1) is 0 Å². The molecule has 2 unspecified atom stereocenters. The number of methoxy groups -OCH3 is 1. The molecule has 0 radical (unpaired) electrons. The van der Waals surface area contributed by atoms with Crippen LogP contribution < -0.4 is 15.4 Å². The zero-order valence-electron chi connectivity index (χ0n) is 14.8. The van der Waals surface area contributed by atoms with Crippen LogP contribution in [0.3, 0.4) is 0 Å². The largest absolute Gasteiger partial charge is 0.497 e. The van der Waals surface area contributed by atoms with Gasteiger partial charge in [0.25, 0.3) is 0 Å². The third-order valence-electron chi connectivity index (χ3n) is 5.14. The summed E-state index contributed by atoms with van der Waals surface area (Å²) in [5.41, 5.74) is 3.44. The summed E-state index contributed by atoms with van der Waals surface area (Å²) in [7, 11) is 1.66. The summed E-state index contributed by atoms with van der Waals surface area (Å²) >= 11 is 0. The zero-order chi connectivity index (χ0) is 17.9. The Morgan fingerprint density at radius 3 is 2.69 bits per heavy atom. The van der Waals surface area contributed by atoms with Crippen molar-refractivity contribution < 1.29 is 9.53 Å². The lowest BCUT2D eigenvalue weighted by Gasteiger charge is -2.27. The number of para-hydroxylation sites is 1. The molecule has 2 heterocycles. The van der Waals surface area contributed by atoms with Crippen molar-refractivity contribution >= 4 is 16.8 Å². The zero-order valence-corrected chi connectivity index (χ0v) is 14.8. The summed E-state index contributed by atoms with van der Waals surface area (Å²) in [5.74, 6) is 0.977. The summed E-state index contributed by atoms with van der Waals surface area (Å²) < 4.78 is 5.28. The summed E-state index contributed by atoms with van der Waals surface area (Å²) in [6, 6.07) is 16.3. The molecule has 2 atom stereocenters. The van der Waals surface area contributed by atoms with E-state index in [0.717, 1.165) is 29.8 Å². The van der Waals surface area contributed by atoms with Crippen molar-refractivity contribution in [2.45, 2.75) is 18.4 Å². The van der Waals surface area contributed by atoms with Crippen LogP contribution in [0.2, 0.25) is 0 Å². The van der Waals surface area contributed by atoms with Gasteiger partial charge in [0, 0.05) is 29.6 Å². The van der Waals surface area contributed by atoms with Gasteiger partial charge in [0.15, 0.2) is 0 Å². The van der Waals surface area contributed by atoms with Crippen molar-refractivity contribution in [1.82, 2.24) is 15.6 Å². The number of nitrogens with one attached hydrogen (secondary N) is 3. The highest BCUT2D eigenvalue weighted by Gasteiger charge is 2.26. The first-order chi connectivity index (χ1) is 12.8. The van der Waals surface area contributed by atoms with Gasteiger partial charge in [-0.05, 0) is 42.3 Å². The highest BCUT2D eigenvalue weighted by molar-refractivity contribution is 5.85. The number of aromatic amines is 1. The van der Waals surface area contributed by atoms with Crippen LogP contribution in [-0.4, -0.2) is 37.1 Å². The number of hydrogen-bond acceptors (Lipinski definition) is 3. The van der Waals surface area contributed by atoms with Gasteiger partial charge in [-0.1, -0.05) is 30.3 Å². The van der Waals surface area contributed by atoms with Crippen LogP contribution in [0.25, 0.3) is 10.9 Å². The van der Waals surface area contributed by atoms with Crippen molar-refractivity contribution in [3.8, 4) is 5.75 Å². The average molecular weight is 349 g/mol. The van der Waals surface area contributed by atoms with Gasteiger partial charge in [0.2, 0.25) is 5.91 Å². The standard InChI is InChI=1S/C21H23N3O2/c1-26-15-8-6-14(7-9-15)17(12-24-21(25)20-10-11-22-20)18-13-23-19-5-3-2-4-16(18)19/h2-9,13,17,20,22-23H,10-12H2,1H3,(H,24,25). The Balaban J connectivity index is 1.64. The molecule has 0 bridgehead atoms. The molecule has 26 heavy (non-hydrogen) atoms. The minimum Gasteiger partial charge on any atom is -0.497 e. The molecule has 1 aliphatic rings. The summed E-state index contributed by atoms with van der Waals surface area (Å²) in [4.78, 5) is 15.6. The fourth-order valence-corrected chi connectivity index (χ4v) is 3.46. The van der Waals surface area contributed by atoms with Gasteiger partial charge in [-0.25, -0.2) is 0 Å². The number of aromatic nitrogens is 1. The number of carbonyl (C=O) groups excluding carboxylic acids is 1. The first kappa shape index (κ1) is 16.7. The van der Waals surface area contributed by atoms with Crippen molar-refractivity contribution in [3.05, 3.63) is 65.9 Å². The van der Waals surface area contributed by atoms with Gasteiger partial charge < -0.3 is 20.4 Å². The molecule has 134 valence electrons. The molecular formula is C21H23N3O2. The van der Waals surface area contributed by atoms with Crippen LogP contribution in [0.5, 0.6) is 5.75 Å². The molecule has 5 heteroatoms. The average Bonchev–Trinajstić information content (AvgIpc) is 3.05. The molecule has 0 saturated carbocycles. The van der Waals surface area contributed by atoms with Crippen molar-refractivity contribution in [2.24, 2.45) is 0 Å². The number of hydrogen-bond donors (Lipinski definition) is 3. The lowest BCUT2D eigenvalue weighted by atomic mass is 9.90. The minimum absolute atomic E-state index is 0.0468. The number of amides is 1. The predicted octanol–water partition coefficient (Wildman–Crippen LogP) is 2.79. The van der Waals surface area contributed by atoms with Gasteiger partial charge >= 0.3 is 0 Å². The number of H-pyrrole nitrogens is 1. The summed E-state index contributed by atoms with van der Waals surface area (Å²) in [5, 5.41) is 7.46. The van der Waals surface area contributed by atoms with Crippen molar-refractivity contribution in [1.29, 1.82) is 0 Å². The van der Waals surface area contributed by atoms with Gasteiger partial charge in [0.05, 0.1) is 13.2 Å². The molecule has 3 aromatic rings. The quantitative estimate of drug-likeness (QED) is 0.641. The monoisotopic (exact) mass is 349 g/mol.